The molecule has 1 amide bonds. The molecule has 0 spiro atoms. The van der Waals surface area contributed by atoms with Crippen molar-refractivity contribution in [2.24, 2.45) is 0 Å². The van der Waals surface area contributed by atoms with Gasteiger partial charge in [0.05, 0.1) is 19.3 Å². The highest BCUT2D eigenvalue weighted by Crippen LogP contribution is 2.33. The van der Waals surface area contributed by atoms with Gasteiger partial charge in [0.1, 0.15) is 11.5 Å². The summed E-state index contributed by atoms with van der Waals surface area (Å²) >= 11 is 0. The summed E-state index contributed by atoms with van der Waals surface area (Å²) in [6.45, 7) is 3.89. The van der Waals surface area contributed by atoms with Crippen molar-refractivity contribution in [2.45, 2.75) is 20.0 Å². The summed E-state index contributed by atoms with van der Waals surface area (Å²) < 4.78 is 16.1. The standard InChI is InChI=1S/C20H21NO5/c1-13-7-6-10-16(14(13)2)25-12-19(22)21-11-18(20(23)24-3)26-17-9-5-4-8-15(17)21/h4-10,18H,11-12H2,1-3H3/t18-/m0/s1. The van der Waals surface area contributed by atoms with Crippen molar-refractivity contribution in [2.75, 3.05) is 25.2 Å². The van der Waals surface area contributed by atoms with E-state index >= 15 is 0 Å². The summed E-state index contributed by atoms with van der Waals surface area (Å²) in [5.74, 6) is 0.363. The number of methoxy groups -OCH3 is 1. The van der Waals surface area contributed by atoms with Gasteiger partial charge >= 0.3 is 5.97 Å². The molecule has 2 aromatic carbocycles. The number of hydrogen-bond acceptors (Lipinski definition) is 5. The van der Waals surface area contributed by atoms with Gasteiger partial charge in [0.2, 0.25) is 6.10 Å². The van der Waals surface area contributed by atoms with Crippen molar-refractivity contribution < 1.29 is 23.8 Å². The maximum atomic E-state index is 12.8. The van der Waals surface area contributed by atoms with Gasteiger partial charge in [-0.1, -0.05) is 24.3 Å². The lowest BCUT2D eigenvalue weighted by atomic mass is 10.1. The minimum atomic E-state index is -0.862. The smallest absolute Gasteiger partial charge is 0.348 e. The lowest BCUT2D eigenvalue weighted by Crippen LogP contribution is -2.48. The van der Waals surface area contributed by atoms with Gasteiger partial charge in [-0.15, -0.1) is 0 Å². The van der Waals surface area contributed by atoms with E-state index < -0.39 is 12.1 Å². The maximum Gasteiger partial charge on any atom is 0.348 e. The van der Waals surface area contributed by atoms with Crippen LogP contribution in [0.1, 0.15) is 11.1 Å². The lowest BCUT2D eigenvalue weighted by molar-refractivity contribution is -0.148. The number of carbonyl (C=O) groups is 2. The second kappa shape index (κ2) is 7.47. The van der Waals surface area contributed by atoms with Gasteiger partial charge in [-0.3, -0.25) is 4.79 Å². The van der Waals surface area contributed by atoms with Crippen LogP contribution in [-0.4, -0.2) is 38.2 Å². The average Bonchev–Trinajstić information content (AvgIpc) is 2.67. The van der Waals surface area contributed by atoms with Crippen LogP contribution in [-0.2, 0) is 14.3 Å². The van der Waals surface area contributed by atoms with Crippen LogP contribution >= 0.6 is 0 Å². The molecule has 0 saturated heterocycles. The second-order valence-electron chi connectivity index (χ2n) is 6.09. The Morgan fingerprint density at radius 1 is 1.15 bits per heavy atom. The summed E-state index contributed by atoms with van der Waals surface area (Å²) in [5, 5.41) is 0. The number of benzene rings is 2. The van der Waals surface area contributed by atoms with Crippen molar-refractivity contribution >= 4 is 17.6 Å². The molecule has 1 atom stereocenters. The Balaban J connectivity index is 1.79. The molecule has 0 saturated carbocycles. The Kier molecular flexibility index (Phi) is 5.11. The van der Waals surface area contributed by atoms with Crippen LogP contribution in [0.5, 0.6) is 11.5 Å². The number of para-hydroxylation sites is 2. The minimum Gasteiger partial charge on any atom is -0.483 e. The number of ether oxygens (including phenoxy) is 3. The number of hydrogen-bond donors (Lipinski definition) is 0. The first-order valence-corrected chi connectivity index (χ1v) is 8.34. The molecule has 0 bridgehead atoms. The first-order chi connectivity index (χ1) is 12.5. The molecule has 2 aromatic rings. The topological polar surface area (TPSA) is 65.1 Å². The first kappa shape index (κ1) is 17.8. The highest BCUT2D eigenvalue weighted by Gasteiger charge is 2.34. The highest BCUT2D eigenvalue weighted by atomic mass is 16.6. The Bertz CT molecular complexity index is 833. The molecule has 136 valence electrons. The number of aryl methyl sites for hydroxylation is 1. The number of rotatable bonds is 4. The van der Waals surface area contributed by atoms with Crippen LogP contribution in [0.2, 0.25) is 0 Å². The fraction of sp³-hybridized carbons (Fsp3) is 0.300. The van der Waals surface area contributed by atoms with E-state index in [0.29, 0.717) is 17.2 Å². The van der Waals surface area contributed by atoms with E-state index in [1.54, 1.807) is 18.2 Å². The zero-order valence-electron chi connectivity index (χ0n) is 15.0. The van der Waals surface area contributed by atoms with Crippen molar-refractivity contribution in [1.29, 1.82) is 0 Å². The molecular formula is C20H21NO5. The van der Waals surface area contributed by atoms with Crippen molar-refractivity contribution in [3.63, 3.8) is 0 Å². The summed E-state index contributed by atoms with van der Waals surface area (Å²) in [6, 6.07) is 12.8. The van der Waals surface area contributed by atoms with Crippen LogP contribution in [0.15, 0.2) is 42.5 Å². The number of carbonyl (C=O) groups excluding carboxylic acids is 2. The third-order valence-electron chi connectivity index (χ3n) is 4.44. The van der Waals surface area contributed by atoms with Gasteiger partial charge in [0.25, 0.3) is 5.91 Å². The van der Waals surface area contributed by atoms with Crippen LogP contribution in [0.3, 0.4) is 0 Å². The van der Waals surface area contributed by atoms with E-state index in [1.807, 2.05) is 38.1 Å². The quantitative estimate of drug-likeness (QED) is 0.789. The Morgan fingerprint density at radius 2 is 1.92 bits per heavy atom. The summed E-state index contributed by atoms with van der Waals surface area (Å²) in [6.07, 6.45) is -0.862. The third-order valence-corrected chi connectivity index (χ3v) is 4.44. The molecule has 1 heterocycles. The lowest BCUT2D eigenvalue weighted by Gasteiger charge is -2.33. The van der Waals surface area contributed by atoms with Crippen molar-refractivity contribution in [1.82, 2.24) is 0 Å². The number of amides is 1. The molecule has 6 heteroatoms. The van der Waals surface area contributed by atoms with Gasteiger partial charge in [0.15, 0.2) is 6.61 Å². The van der Waals surface area contributed by atoms with E-state index in [1.165, 1.54) is 12.0 Å². The summed E-state index contributed by atoms with van der Waals surface area (Å²) in [5.41, 5.74) is 2.70. The summed E-state index contributed by atoms with van der Waals surface area (Å²) in [7, 11) is 1.29. The van der Waals surface area contributed by atoms with E-state index in [2.05, 4.69) is 0 Å². The fourth-order valence-corrected chi connectivity index (χ4v) is 2.82. The van der Waals surface area contributed by atoms with Gasteiger partial charge in [0, 0.05) is 0 Å². The largest absolute Gasteiger partial charge is 0.483 e. The fourth-order valence-electron chi connectivity index (χ4n) is 2.82. The van der Waals surface area contributed by atoms with Crippen molar-refractivity contribution in [3.8, 4) is 11.5 Å². The summed E-state index contributed by atoms with van der Waals surface area (Å²) in [4.78, 5) is 26.2. The monoisotopic (exact) mass is 355 g/mol. The van der Waals surface area contributed by atoms with E-state index in [0.717, 1.165) is 11.1 Å². The normalized spacial score (nSPS) is 15.7. The molecular weight excluding hydrogens is 334 g/mol. The number of nitrogens with zero attached hydrogens (tertiary/aromatic N) is 1. The molecule has 0 fully saturated rings. The molecule has 0 aromatic heterocycles. The molecule has 0 N–H and O–H groups in total. The van der Waals surface area contributed by atoms with E-state index in [-0.39, 0.29) is 19.1 Å². The zero-order chi connectivity index (χ0) is 18.7. The van der Waals surface area contributed by atoms with E-state index in [4.69, 9.17) is 14.2 Å². The molecule has 0 unspecified atom stereocenters. The van der Waals surface area contributed by atoms with Gasteiger partial charge in [-0.05, 0) is 43.2 Å². The Morgan fingerprint density at radius 3 is 2.69 bits per heavy atom. The van der Waals surface area contributed by atoms with Crippen LogP contribution in [0, 0.1) is 13.8 Å². The second-order valence-corrected chi connectivity index (χ2v) is 6.09. The highest BCUT2D eigenvalue weighted by molar-refractivity contribution is 5.97. The minimum absolute atomic E-state index is 0.0820. The van der Waals surface area contributed by atoms with Crippen LogP contribution in [0.4, 0.5) is 5.69 Å². The SMILES string of the molecule is COC(=O)[C@@H]1CN(C(=O)COc2cccc(C)c2C)c2ccccc2O1. The number of esters is 1. The van der Waals surface area contributed by atoms with Gasteiger partial charge in [-0.2, -0.15) is 0 Å². The maximum absolute atomic E-state index is 12.8. The van der Waals surface area contributed by atoms with Crippen molar-refractivity contribution in [3.05, 3.63) is 53.6 Å². The average molecular weight is 355 g/mol. The number of fused-ring (bicyclic) bond motifs is 1. The predicted molar refractivity (Wildman–Crippen MR) is 96.6 cm³/mol. The molecule has 1 aliphatic heterocycles. The molecule has 26 heavy (non-hydrogen) atoms. The number of anilines is 1. The van der Waals surface area contributed by atoms with Gasteiger partial charge in [-0.25, -0.2) is 4.79 Å². The van der Waals surface area contributed by atoms with Crippen LogP contribution < -0.4 is 14.4 Å². The Labute approximate surface area is 152 Å². The molecule has 0 aliphatic carbocycles. The van der Waals surface area contributed by atoms with E-state index in [9.17, 15) is 9.59 Å². The zero-order valence-corrected chi connectivity index (χ0v) is 15.0. The molecule has 6 nitrogen and oxygen atoms in total. The third kappa shape index (κ3) is 3.49. The van der Waals surface area contributed by atoms with Crippen LogP contribution in [0.25, 0.3) is 0 Å². The van der Waals surface area contributed by atoms with Gasteiger partial charge < -0.3 is 19.1 Å². The molecule has 3 rings (SSSR count). The molecule has 1 aliphatic rings. The molecule has 0 radical (unpaired) electrons. The Hall–Kier alpha value is -3.02. The first-order valence-electron chi connectivity index (χ1n) is 8.34. The predicted octanol–water partition coefficient (Wildman–Crippen LogP) is 2.65.